The molecule has 0 saturated carbocycles. The first-order valence-corrected chi connectivity index (χ1v) is 12.6. The molecular weight excluding hydrogens is 471 g/mol. The molecule has 2 N–H and O–H groups in total. The van der Waals surface area contributed by atoms with Gasteiger partial charge in [-0.15, -0.1) is 11.8 Å². The number of nitrogens with zero attached hydrogens (tertiary/aromatic N) is 2. The Kier molecular flexibility index (Phi) is 5.49. The second-order valence-corrected chi connectivity index (χ2v) is 9.98. The van der Waals surface area contributed by atoms with Crippen molar-refractivity contribution in [1.82, 2.24) is 9.88 Å². The Hall–Kier alpha value is -3.37. The summed E-state index contributed by atoms with van der Waals surface area (Å²) in [4.78, 5) is 39.0. The van der Waals surface area contributed by atoms with Gasteiger partial charge >= 0.3 is 6.09 Å². The predicted octanol–water partition coefficient (Wildman–Crippen LogP) is 3.63. The third kappa shape index (κ3) is 3.96. The van der Waals surface area contributed by atoms with Gasteiger partial charge in [0.15, 0.2) is 0 Å². The largest absolute Gasteiger partial charge is 0.444 e. The van der Waals surface area contributed by atoms with Crippen LogP contribution in [0.3, 0.4) is 0 Å². The third-order valence-corrected chi connectivity index (χ3v) is 7.80. The number of aromatic nitrogens is 1. The molecule has 4 heterocycles. The number of fused-ring (bicyclic) bond motifs is 1. The lowest BCUT2D eigenvalue weighted by Gasteiger charge is -2.20. The van der Waals surface area contributed by atoms with Gasteiger partial charge in [-0.3, -0.25) is 14.5 Å². The lowest BCUT2D eigenvalue weighted by atomic mass is 10.1. The number of benzene rings is 2. The predicted molar refractivity (Wildman–Crippen MR) is 132 cm³/mol. The van der Waals surface area contributed by atoms with Crippen LogP contribution in [-0.2, 0) is 16.1 Å². The first-order valence-electron chi connectivity index (χ1n) is 11.6. The van der Waals surface area contributed by atoms with Gasteiger partial charge in [-0.05, 0) is 61.2 Å². The van der Waals surface area contributed by atoms with E-state index in [-0.39, 0.29) is 29.4 Å². The zero-order chi connectivity index (χ0) is 24.1. The maximum absolute atomic E-state index is 14.6. The van der Waals surface area contributed by atoms with Gasteiger partial charge in [0.05, 0.1) is 29.5 Å². The molecule has 3 aliphatic rings. The lowest BCUT2D eigenvalue weighted by Crippen LogP contribution is -2.27. The van der Waals surface area contributed by atoms with Crippen molar-refractivity contribution in [2.24, 2.45) is 0 Å². The molecule has 2 amide bonds. The van der Waals surface area contributed by atoms with Crippen molar-refractivity contribution in [3.63, 3.8) is 0 Å². The summed E-state index contributed by atoms with van der Waals surface area (Å²) in [5.41, 5.74) is 2.47. The molecule has 2 aromatic carbocycles. The Bertz CT molecular complexity index is 1420. The van der Waals surface area contributed by atoms with E-state index >= 15 is 0 Å². The van der Waals surface area contributed by atoms with E-state index in [1.54, 1.807) is 27.7 Å². The van der Waals surface area contributed by atoms with Gasteiger partial charge in [0.25, 0.3) is 5.56 Å². The van der Waals surface area contributed by atoms with E-state index < -0.39 is 6.09 Å². The first-order chi connectivity index (χ1) is 17.0. The summed E-state index contributed by atoms with van der Waals surface area (Å²) < 4.78 is 21.8. The van der Waals surface area contributed by atoms with Crippen LogP contribution < -0.4 is 21.1 Å². The number of ether oxygens (including phenoxy) is 1. The molecule has 0 unspecified atom stereocenters. The van der Waals surface area contributed by atoms with Gasteiger partial charge in [0.2, 0.25) is 5.91 Å². The molecule has 0 radical (unpaired) electrons. The van der Waals surface area contributed by atoms with Gasteiger partial charge in [-0.2, -0.15) is 0 Å². The van der Waals surface area contributed by atoms with Crippen LogP contribution in [0.4, 0.5) is 20.6 Å². The number of pyridine rings is 1. The second-order valence-electron chi connectivity index (χ2n) is 8.96. The van der Waals surface area contributed by atoms with Crippen LogP contribution in [0.15, 0.2) is 52.2 Å². The standard InChI is InChI=1S/C25H23FN4O4S/c26-17-6-3-14-4-8-22(32)30-12-19(23(17)24(14)30)27-9-1-2-16-11-29(25(33)34-16)15-5-7-20-18(10-15)28-21(31)13-35-20/h3-8,10,16,19,27H,1-2,9,11-13H2,(H,28,31)/t16-,19+/m0/s1. The third-order valence-electron chi connectivity index (χ3n) is 6.73. The molecule has 3 aliphatic heterocycles. The second kappa shape index (κ2) is 8.69. The van der Waals surface area contributed by atoms with Crippen LogP contribution in [-0.4, -0.2) is 41.5 Å². The summed E-state index contributed by atoms with van der Waals surface area (Å²) in [7, 11) is 0. The van der Waals surface area contributed by atoms with Gasteiger partial charge < -0.3 is 19.9 Å². The number of rotatable bonds is 6. The maximum atomic E-state index is 14.6. The van der Waals surface area contributed by atoms with Crippen molar-refractivity contribution in [3.05, 3.63) is 64.2 Å². The van der Waals surface area contributed by atoms with Crippen LogP contribution in [0.5, 0.6) is 0 Å². The molecule has 3 aromatic rings. The summed E-state index contributed by atoms with van der Waals surface area (Å²) in [6.07, 6.45) is 0.714. The number of cyclic esters (lactones) is 1. The van der Waals surface area contributed by atoms with Crippen LogP contribution in [0.1, 0.15) is 24.4 Å². The average Bonchev–Trinajstić information content (AvgIpc) is 3.42. The van der Waals surface area contributed by atoms with Gasteiger partial charge in [0, 0.05) is 28.8 Å². The van der Waals surface area contributed by atoms with Crippen molar-refractivity contribution in [2.75, 3.05) is 29.1 Å². The van der Waals surface area contributed by atoms with Crippen molar-refractivity contribution < 1.29 is 18.7 Å². The molecule has 0 bridgehead atoms. The van der Waals surface area contributed by atoms with E-state index in [0.29, 0.717) is 54.3 Å². The van der Waals surface area contributed by atoms with E-state index in [4.69, 9.17) is 4.74 Å². The highest BCUT2D eigenvalue weighted by Gasteiger charge is 2.33. The molecule has 35 heavy (non-hydrogen) atoms. The summed E-state index contributed by atoms with van der Waals surface area (Å²) in [5.74, 6) is 0.0203. The maximum Gasteiger partial charge on any atom is 0.414 e. The minimum atomic E-state index is -0.405. The number of nitrogens with one attached hydrogen (secondary N) is 2. The molecule has 8 nitrogen and oxygen atoms in total. The van der Waals surface area contributed by atoms with Crippen LogP contribution in [0.2, 0.25) is 0 Å². The van der Waals surface area contributed by atoms with E-state index in [0.717, 1.165) is 16.7 Å². The number of halogens is 1. The van der Waals surface area contributed by atoms with Crippen LogP contribution >= 0.6 is 11.8 Å². The number of anilines is 2. The fourth-order valence-corrected chi connectivity index (χ4v) is 5.87. The summed E-state index contributed by atoms with van der Waals surface area (Å²) in [5, 5.41) is 7.07. The summed E-state index contributed by atoms with van der Waals surface area (Å²) in [6, 6.07) is 11.7. The molecule has 180 valence electrons. The number of carbonyl (C=O) groups is 2. The van der Waals surface area contributed by atoms with Crippen molar-refractivity contribution >= 4 is 46.0 Å². The number of amides is 2. The van der Waals surface area contributed by atoms with E-state index in [2.05, 4.69) is 10.6 Å². The van der Waals surface area contributed by atoms with Gasteiger partial charge in [-0.1, -0.05) is 0 Å². The molecule has 0 spiro atoms. The SMILES string of the molecule is O=C1CSc2ccc(N3C[C@H](CCCN[C@@H]4Cn5c(=O)ccc6ccc(F)c4c65)OC3=O)cc2N1. The Morgan fingerprint density at radius 1 is 1.11 bits per heavy atom. The molecular formula is C25H23FN4O4S. The Morgan fingerprint density at radius 2 is 1.97 bits per heavy atom. The molecule has 1 fully saturated rings. The van der Waals surface area contributed by atoms with Crippen molar-refractivity contribution in [1.29, 1.82) is 0 Å². The van der Waals surface area contributed by atoms with Crippen LogP contribution in [0, 0.1) is 5.82 Å². The van der Waals surface area contributed by atoms with E-state index in [1.807, 2.05) is 12.1 Å². The summed E-state index contributed by atoms with van der Waals surface area (Å²) >= 11 is 1.47. The molecule has 1 aromatic heterocycles. The Morgan fingerprint density at radius 3 is 2.86 bits per heavy atom. The topological polar surface area (TPSA) is 92.7 Å². The number of thioether (sulfide) groups is 1. The van der Waals surface area contributed by atoms with Gasteiger partial charge in [0.1, 0.15) is 11.9 Å². The first kappa shape index (κ1) is 22.1. The summed E-state index contributed by atoms with van der Waals surface area (Å²) in [6.45, 7) is 1.42. The lowest BCUT2D eigenvalue weighted by molar-refractivity contribution is -0.113. The highest BCUT2D eigenvalue weighted by Crippen LogP contribution is 2.36. The molecule has 1 saturated heterocycles. The highest BCUT2D eigenvalue weighted by atomic mass is 32.2. The number of hydrogen-bond donors (Lipinski definition) is 2. The van der Waals surface area contributed by atoms with Gasteiger partial charge in [-0.25, -0.2) is 9.18 Å². The van der Waals surface area contributed by atoms with Crippen molar-refractivity contribution in [2.45, 2.75) is 36.4 Å². The minimum Gasteiger partial charge on any atom is -0.444 e. The minimum absolute atomic E-state index is 0.0552. The van der Waals surface area contributed by atoms with E-state index in [9.17, 15) is 18.8 Å². The molecule has 10 heteroatoms. The fourth-order valence-electron chi connectivity index (χ4n) is 5.08. The fraction of sp³-hybridized carbons (Fsp3) is 0.320. The van der Waals surface area contributed by atoms with Crippen molar-refractivity contribution in [3.8, 4) is 0 Å². The smallest absolute Gasteiger partial charge is 0.414 e. The normalized spacial score (nSPS) is 20.8. The highest BCUT2D eigenvalue weighted by molar-refractivity contribution is 8.00. The Labute approximate surface area is 204 Å². The van der Waals surface area contributed by atoms with Crippen LogP contribution in [0.25, 0.3) is 10.9 Å². The molecule has 6 rings (SSSR count). The molecule has 2 atom stereocenters. The zero-order valence-electron chi connectivity index (χ0n) is 18.8. The zero-order valence-corrected chi connectivity index (χ0v) is 19.6. The Balaban J connectivity index is 1.06. The quantitative estimate of drug-likeness (QED) is 0.509. The molecule has 0 aliphatic carbocycles. The van der Waals surface area contributed by atoms with E-state index in [1.165, 1.54) is 23.9 Å². The average molecular weight is 495 g/mol. The number of hydrogen-bond acceptors (Lipinski definition) is 6. The monoisotopic (exact) mass is 494 g/mol. The number of carbonyl (C=O) groups excluding carboxylic acids is 2.